The minimum absolute atomic E-state index is 0.805. The van der Waals surface area contributed by atoms with Crippen molar-refractivity contribution in [2.45, 2.75) is 38.5 Å². The van der Waals surface area contributed by atoms with Gasteiger partial charge in [-0.25, -0.2) is 4.98 Å². The zero-order valence-corrected chi connectivity index (χ0v) is 9.84. The van der Waals surface area contributed by atoms with E-state index < -0.39 is 0 Å². The molecule has 0 unspecified atom stereocenters. The number of fused-ring (bicyclic) bond motifs is 1. The summed E-state index contributed by atoms with van der Waals surface area (Å²) in [4.78, 5) is 4.67. The third-order valence-corrected chi connectivity index (χ3v) is 3.09. The summed E-state index contributed by atoms with van der Waals surface area (Å²) in [5.74, 6) is 1.11. The molecule has 0 aromatic carbocycles. The molecule has 3 N–H and O–H groups in total. The van der Waals surface area contributed by atoms with Crippen LogP contribution in [0.4, 0.5) is 5.82 Å². The van der Waals surface area contributed by atoms with Crippen LogP contribution in [0, 0.1) is 0 Å². The molecule has 0 bridgehead atoms. The molecule has 0 fully saturated rings. The number of nitrogens with two attached hydrogens (primary N) is 1. The SMILES string of the molecule is NCCCCCc1ccc2c(n1)NCCC2. The van der Waals surface area contributed by atoms with Crippen molar-refractivity contribution in [1.82, 2.24) is 4.98 Å². The maximum absolute atomic E-state index is 5.47. The zero-order valence-electron chi connectivity index (χ0n) is 9.84. The van der Waals surface area contributed by atoms with E-state index in [0.717, 1.165) is 31.7 Å². The maximum Gasteiger partial charge on any atom is 0.129 e. The van der Waals surface area contributed by atoms with Gasteiger partial charge in [0.2, 0.25) is 0 Å². The molecule has 16 heavy (non-hydrogen) atoms. The monoisotopic (exact) mass is 219 g/mol. The summed E-state index contributed by atoms with van der Waals surface area (Å²) in [6.07, 6.45) is 7.01. The average Bonchev–Trinajstić information content (AvgIpc) is 2.34. The van der Waals surface area contributed by atoms with E-state index in [1.165, 1.54) is 36.9 Å². The highest BCUT2D eigenvalue weighted by molar-refractivity contribution is 5.46. The third-order valence-electron chi connectivity index (χ3n) is 3.09. The van der Waals surface area contributed by atoms with Crippen LogP contribution in [0.5, 0.6) is 0 Å². The number of nitrogens with one attached hydrogen (secondary N) is 1. The van der Waals surface area contributed by atoms with E-state index in [9.17, 15) is 0 Å². The minimum Gasteiger partial charge on any atom is -0.370 e. The predicted octanol–water partition coefficient (Wildman–Crippen LogP) is 2.11. The third kappa shape index (κ3) is 2.95. The Labute approximate surface area is 97.5 Å². The summed E-state index contributed by atoms with van der Waals surface area (Å²) in [5.41, 5.74) is 8.06. The van der Waals surface area contributed by atoms with Crippen LogP contribution in [-0.4, -0.2) is 18.1 Å². The molecule has 0 aliphatic carbocycles. The summed E-state index contributed by atoms with van der Waals surface area (Å²) in [5, 5.41) is 3.37. The topological polar surface area (TPSA) is 50.9 Å². The number of unbranched alkanes of at least 4 members (excludes halogenated alkanes) is 2. The van der Waals surface area contributed by atoms with E-state index in [0.29, 0.717) is 0 Å². The minimum atomic E-state index is 0.805. The first kappa shape index (κ1) is 11.4. The molecule has 0 radical (unpaired) electrons. The van der Waals surface area contributed by atoms with Crippen molar-refractivity contribution in [2.24, 2.45) is 5.73 Å². The number of rotatable bonds is 5. The fraction of sp³-hybridized carbons (Fsp3) is 0.615. The van der Waals surface area contributed by atoms with Crippen molar-refractivity contribution < 1.29 is 0 Å². The second kappa shape index (κ2) is 5.85. The predicted molar refractivity (Wildman–Crippen MR) is 67.7 cm³/mol. The lowest BCUT2D eigenvalue weighted by molar-refractivity contribution is 0.678. The van der Waals surface area contributed by atoms with Gasteiger partial charge < -0.3 is 11.1 Å². The molecular weight excluding hydrogens is 198 g/mol. The molecule has 0 amide bonds. The Morgan fingerprint density at radius 3 is 3.06 bits per heavy atom. The molecule has 1 aromatic rings. The molecule has 1 aliphatic rings. The molecule has 0 saturated carbocycles. The van der Waals surface area contributed by atoms with Crippen molar-refractivity contribution in [2.75, 3.05) is 18.4 Å². The second-order valence-corrected chi connectivity index (χ2v) is 4.44. The van der Waals surface area contributed by atoms with Crippen LogP contribution < -0.4 is 11.1 Å². The zero-order chi connectivity index (χ0) is 11.2. The van der Waals surface area contributed by atoms with Gasteiger partial charge in [0.25, 0.3) is 0 Å². The Balaban J connectivity index is 1.90. The van der Waals surface area contributed by atoms with Crippen LogP contribution >= 0.6 is 0 Å². The van der Waals surface area contributed by atoms with Gasteiger partial charge >= 0.3 is 0 Å². The fourth-order valence-corrected chi connectivity index (χ4v) is 2.14. The van der Waals surface area contributed by atoms with Crippen molar-refractivity contribution in [3.63, 3.8) is 0 Å². The molecule has 3 heteroatoms. The number of nitrogens with zero attached hydrogens (tertiary/aromatic N) is 1. The Morgan fingerprint density at radius 1 is 1.25 bits per heavy atom. The number of hydrogen-bond acceptors (Lipinski definition) is 3. The Morgan fingerprint density at radius 2 is 2.19 bits per heavy atom. The van der Waals surface area contributed by atoms with E-state index in [1.807, 2.05) is 0 Å². The lowest BCUT2D eigenvalue weighted by Gasteiger charge is -2.17. The van der Waals surface area contributed by atoms with Crippen LogP contribution in [0.3, 0.4) is 0 Å². The van der Waals surface area contributed by atoms with E-state index in [1.54, 1.807) is 0 Å². The first-order chi connectivity index (χ1) is 7.90. The highest BCUT2D eigenvalue weighted by atomic mass is 15.0. The fourth-order valence-electron chi connectivity index (χ4n) is 2.14. The molecule has 1 aromatic heterocycles. The van der Waals surface area contributed by atoms with E-state index >= 15 is 0 Å². The lowest BCUT2D eigenvalue weighted by Crippen LogP contribution is -2.14. The largest absolute Gasteiger partial charge is 0.370 e. The summed E-state index contributed by atoms with van der Waals surface area (Å²) in [6, 6.07) is 4.40. The molecule has 88 valence electrons. The molecule has 1 aliphatic heterocycles. The van der Waals surface area contributed by atoms with Crippen molar-refractivity contribution in [1.29, 1.82) is 0 Å². The van der Waals surface area contributed by atoms with Gasteiger partial charge in [0.1, 0.15) is 5.82 Å². The number of aromatic nitrogens is 1. The molecule has 2 heterocycles. The number of anilines is 1. The first-order valence-corrected chi connectivity index (χ1v) is 6.33. The summed E-state index contributed by atoms with van der Waals surface area (Å²) in [6.45, 7) is 1.87. The Bertz CT molecular complexity index is 336. The van der Waals surface area contributed by atoms with E-state index in [4.69, 9.17) is 5.73 Å². The van der Waals surface area contributed by atoms with Gasteiger partial charge in [-0.05, 0) is 50.3 Å². The Hall–Kier alpha value is -1.09. The van der Waals surface area contributed by atoms with Gasteiger partial charge in [-0.15, -0.1) is 0 Å². The first-order valence-electron chi connectivity index (χ1n) is 6.33. The molecule has 3 nitrogen and oxygen atoms in total. The van der Waals surface area contributed by atoms with Gasteiger partial charge in [0.15, 0.2) is 0 Å². The number of aryl methyl sites for hydroxylation is 2. The van der Waals surface area contributed by atoms with E-state index in [2.05, 4.69) is 22.4 Å². The summed E-state index contributed by atoms with van der Waals surface area (Å²) >= 11 is 0. The van der Waals surface area contributed by atoms with Crippen molar-refractivity contribution in [3.05, 3.63) is 23.4 Å². The van der Waals surface area contributed by atoms with Crippen LogP contribution in [0.2, 0.25) is 0 Å². The van der Waals surface area contributed by atoms with Crippen LogP contribution in [0.25, 0.3) is 0 Å². The summed E-state index contributed by atoms with van der Waals surface area (Å²) < 4.78 is 0. The quantitative estimate of drug-likeness (QED) is 0.746. The van der Waals surface area contributed by atoms with Gasteiger partial charge in [-0.3, -0.25) is 0 Å². The number of hydrogen-bond donors (Lipinski definition) is 2. The van der Waals surface area contributed by atoms with Crippen molar-refractivity contribution in [3.8, 4) is 0 Å². The highest BCUT2D eigenvalue weighted by Gasteiger charge is 2.09. The number of pyridine rings is 1. The average molecular weight is 219 g/mol. The van der Waals surface area contributed by atoms with Gasteiger partial charge in [0, 0.05) is 12.2 Å². The van der Waals surface area contributed by atoms with Gasteiger partial charge in [-0.1, -0.05) is 12.5 Å². The molecule has 0 saturated heterocycles. The van der Waals surface area contributed by atoms with Gasteiger partial charge in [0.05, 0.1) is 0 Å². The van der Waals surface area contributed by atoms with Gasteiger partial charge in [-0.2, -0.15) is 0 Å². The van der Waals surface area contributed by atoms with Crippen LogP contribution in [0.15, 0.2) is 12.1 Å². The molecule has 2 rings (SSSR count). The Kier molecular flexibility index (Phi) is 4.17. The van der Waals surface area contributed by atoms with E-state index in [-0.39, 0.29) is 0 Å². The highest BCUT2D eigenvalue weighted by Crippen LogP contribution is 2.20. The van der Waals surface area contributed by atoms with Crippen LogP contribution in [-0.2, 0) is 12.8 Å². The van der Waals surface area contributed by atoms with Crippen molar-refractivity contribution >= 4 is 5.82 Å². The maximum atomic E-state index is 5.47. The van der Waals surface area contributed by atoms with Crippen LogP contribution in [0.1, 0.15) is 36.9 Å². The normalized spacial score (nSPS) is 14.3. The molecule has 0 spiro atoms. The second-order valence-electron chi connectivity index (χ2n) is 4.44. The smallest absolute Gasteiger partial charge is 0.129 e. The molecule has 0 atom stereocenters. The standard InChI is InChI=1S/C13H21N3/c14-9-3-1-2-6-12-8-7-11-5-4-10-15-13(11)16-12/h7-8H,1-6,9-10,14H2,(H,15,16). The lowest BCUT2D eigenvalue weighted by atomic mass is 10.1. The summed E-state index contributed by atoms with van der Waals surface area (Å²) in [7, 11) is 0. The molecular formula is C13H21N3.